The molecular formula is C24H20BrN7O2. The molecule has 0 amide bonds. The molecule has 1 N–H and O–H groups in total. The fourth-order valence-corrected chi connectivity index (χ4v) is 4.13. The van der Waals surface area contributed by atoms with Crippen LogP contribution in [0.1, 0.15) is 25.6 Å². The number of aromatic nitrogens is 6. The SMILES string of the molecule is [C-]#[N+]c1cccc(-c2ccc(OCc3nc4c5[nH]c(Br)nc5n(CCCC)c(=O)n4n3)cc2)c1. The number of halogens is 1. The maximum atomic E-state index is 13.1. The Kier molecular flexibility index (Phi) is 5.86. The van der Waals surface area contributed by atoms with Gasteiger partial charge in [-0.05, 0) is 51.7 Å². The zero-order valence-corrected chi connectivity index (χ0v) is 19.9. The second-order valence-corrected chi connectivity index (χ2v) is 8.50. The third-order valence-corrected chi connectivity index (χ3v) is 5.84. The van der Waals surface area contributed by atoms with Gasteiger partial charge in [-0.3, -0.25) is 4.57 Å². The highest BCUT2D eigenvalue weighted by atomic mass is 79.9. The zero-order valence-electron chi connectivity index (χ0n) is 18.3. The Hall–Kier alpha value is -3.97. The molecule has 5 aromatic rings. The molecule has 10 heteroatoms. The van der Waals surface area contributed by atoms with Crippen molar-refractivity contribution in [1.82, 2.24) is 29.1 Å². The first-order valence-electron chi connectivity index (χ1n) is 10.8. The molecule has 3 heterocycles. The number of imidazole rings is 1. The number of fused-ring (bicyclic) bond motifs is 3. The minimum atomic E-state index is -0.278. The smallest absolute Gasteiger partial charge is 0.352 e. The molecule has 0 aliphatic rings. The molecule has 0 unspecified atom stereocenters. The minimum Gasteiger partial charge on any atom is -0.486 e. The van der Waals surface area contributed by atoms with Crippen molar-refractivity contribution in [1.29, 1.82) is 0 Å². The number of rotatable bonds is 7. The summed E-state index contributed by atoms with van der Waals surface area (Å²) in [7, 11) is 0. The summed E-state index contributed by atoms with van der Waals surface area (Å²) in [5, 5.41) is 4.40. The van der Waals surface area contributed by atoms with E-state index in [1.807, 2.05) is 42.5 Å². The van der Waals surface area contributed by atoms with E-state index in [4.69, 9.17) is 11.3 Å². The number of ether oxygens (including phenoxy) is 1. The minimum absolute atomic E-state index is 0.111. The lowest BCUT2D eigenvalue weighted by Crippen LogP contribution is -2.28. The highest BCUT2D eigenvalue weighted by molar-refractivity contribution is 9.10. The molecule has 0 saturated carbocycles. The lowest BCUT2D eigenvalue weighted by Gasteiger charge is -2.06. The van der Waals surface area contributed by atoms with E-state index in [-0.39, 0.29) is 12.3 Å². The summed E-state index contributed by atoms with van der Waals surface area (Å²) in [6, 6.07) is 15.1. The Bertz CT molecular complexity index is 1590. The van der Waals surface area contributed by atoms with Crippen molar-refractivity contribution in [3.05, 3.63) is 81.0 Å². The standard InChI is InChI=1S/C24H20BrN7O2/c1-3-4-12-31-21-20(28-23(25)29-21)22-27-19(30-32(22)24(31)33)14-34-18-10-8-15(9-11-18)16-6-5-7-17(13-16)26-2/h5-11,13H,3-4,12,14H2,1H3,(H,28,29). The van der Waals surface area contributed by atoms with Crippen LogP contribution in [0, 0.1) is 6.57 Å². The molecule has 0 aliphatic carbocycles. The summed E-state index contributed by atoms with van der Waals surface area (Å²) >= 11 is 3.36. The van der Waals surface area contributed by atoms with Crippen LogP contribution in [0.2, 0.25) is 0 Å². The molecule has 34 heavy (non-hydrogen) atoms. The first-order valence-corrected chi connectivity index (χ1v) is 11.6. The number of aryl methyl sites for hydroxylation is 1. The van der Waals surface area contributed by atoms with E-state index in [0.717, 1.165) is 24.0 Å². The van der Waals surface area contributed by atoms with Crippen LogP contribution in [0.25, 0.3) is 32.8 Å². The van der Waals surface area contributed by atoms with Gasteiger partial charge in [0, 0.05) is 6.54 Å². The van der Waals surface area contributed by atoms with Gasteiger partial charge in [0.1, 0.15) is 17.9 Å². The molecule has 0 atom stereocenters. The van der Waals surface area contributed by atoms with Crippen LogP contribution in [0.3, 0.4) is 0 Å². The van der Waals surface area contributed by atoms with Crippen LogP contribution in [0.4, 0.5) is 5.69 Å². The van der Waals surface area contributed by atoms with Gasteiger partial charge in [-0.2, -0.15) is 4.52 Å². The van der Waals surface area contributed by atoms with Crippen LogP contribution >= 0.6 is 15.9 Å². The molecule has 3 aromatic heterocycles. The molecule has 0 bridgehead atoms. The van der Waals surface area contributed by atoms with Crippen molar-refractivity contribution >= 4 is 38.4 Å². The van der Waals surface area contributed by atoms with E-state index in [9.17, 15) is 4.79 Å². The van der Waals surface area contributed by atoms with E-state index in [2.05, 4.69) is 47.7 Å². The molecule has 170 valence electrons. The lowest BCUT2D eigenvalue weighted by atomic mass is 10.1. The number of H-pyrrole nitrogens is 1. The number of nitrogens with zero attached hydrogens (tertiary/aromatic N) is 6. The molecule has 5 rings (SSSR count). The number of hydrogen-bond donors (Lipinski definition) is 1. The van der Waals surface area contributed by atoms with Crippen molar-refractivity contribution in [3.63, 3.8) is 0 Å². The predicted octanol–water partition coefficient (Wildman–Crippen LogP) is 5.13. The number of benzene rings is 2. The van der Waals surface area contributed by atoms with Gasteiger partial charge in [-0.1, -0.05) is 43.7 Å². The Morgan fingerprint density at radius 3 is 2.71 bits per heavy atom. The van der Waals surface area contributed by atoms with Crippen molar-refractivity contribution in [2.75, 3.05) is 0 Å². The molecule has 0 aliphatic heterocycles. The number of hydrogen-bond acceptors (Lipinski definition) is 5. The molecule has 9 nitrogen and oxygen atoms in total. The average molecular weight is 518 g/mol. The molecule has 0 fully saturated rings. The zero-order chi connectivity index (χ0) is 23.7. The molecule has 0 radical (unpaired) electrons. The van der Waals surface area contributed by atoms with E-state index in [0.29, 0.717) is 45.4 Å². The van der Waals surface area contributed by atoms with Crippen LogP contribution < -0.4 is 10.4 Å². The largest absolute Gasteiger partial charge is 0.486 e. The van der Waals surface area contributed by atoms with Gasteiger partial charge in [0.25, 0.3) is 0 Å². The fraction of sp³-hybridized carbons (Fsp3) is 0.208. The maximum absolute atomic E-state index is 13.1. The van der Waals surface area contributed by atoms with Gasteiger partial charge in [-0.15, -0.1) is 5.10 Å². The number of unbranched alkanes of at least 4 members (excludes halogenated alkanes) is 1. The highest BCUT2D eigenvalue weighted by Crippen LogP contribution is 2.26. The first-order chi connectivity index (χ1) is 16.6. The molecule has 0 saturated heterocycles. The summed E-state index contributed by atoms with van der Waals surface area (Å²) in [5.74, 6) is 1.05. The molecular weight excluding hydrogens is 498 g/mol. The van der Waals surface area contributed by atoms with Crippen LogP contribution in [-0.2, 0) is 13.2 Å². The Labute approximate surface area is 203 Å². The topological polar surface area (TPSA) is 94.5 Å². The van der Waals surface area contributed by atoms with Gasteiger partial charge < -0.3 is 9.72 Å². The summed E-state index contributed by atoms with van der Waals surface area (Å²) in [6.45, 7) is 9.91. The van der Waals surface area contributed by atoms with Crippen molar-refractivity contribution in [2.24, 2.45) is 0 Å². The third kappa shape index (κ3) is 4.06. The quantitative estimate of drug-likeness (QED) is 0.238. The first kappa shape index (κ1) is 21.9. The predicted molar refractivity (Wildman–Crippen MR) is 132 cm³/mol. The van der Waals surface area contributed by atoms with E-state index in [1.54, 1.807) is 10.6 Å². The van der Waals surface area contributed by atoms with Gasteiger partial charge in [0.15, 0.2) is 27.5 Å². The van der Waals surface area contributed by atoms with Gasteiger partial charge in [0.05, 0.1) is 6.57 Å². The summed E-state index contributed by atoms with van der Waals surface area (Å²) in [4.78, 5) is 28.6. The number of nitrogens with one attached hydrogen (secondary N) is 1. The summed E-state index contributed by atoms with van der Waals surface area (Å²) in [5.41, 5.74) is 3.89. The fourth-order valence-electron chi connectivity index (χ4n) is 3.77. The van der Waals surface area contributed by atoms with Crippen LogP contribution in [0.5, 0.6) is 5.75 Å². The van der Waals surface area contributed by atoms with Crippen molar-refractivity contribution in [3.8, 4) is 16.9 Å². The molecule has 0 spiro atoms. The van der Waals surface area contributed by atoms with Gasteiger partial charge in [-0.25, -0.2) is 19.6 Å². The monoisotopic (exact) mass is 517 g/mol. The normalized spacial score (nSPS) is 11.2. The average Bonchev–Trinajstić information content (AvgIpc) is 3.47. The second-order valence-electron chi connectivity index (χ2n) is 7.75. The third-order valence-electron chi connectivity index (χ3n) is 5.46. The Morgan fingerprint density at radius 1 is 1.12 bits per heavy atom. The highest BCUT2D eigenvalue weighted by Gasteiger charge is 2.18. The van der Waals surface area contributed by atoms with E-state index < -0.39 is 0 Å². The lowest BCUT2D eigenvalue weighted by molar-refractivity contribution is 0.296. The van der Waals surface area contributed by atoms with E-state index in [1.165, 1.54) is 4.52 Å². The van der Waals surface area contributed by atoms with Crippen molar-refractivity contribution in [2.45, 2.75) is 32.9 Å². The van der Waals surface area contributed by atoms with Gasteiger partial charge in [0.2, 0.25) is 0 Å². The summed E-state index contributed by atoms with van der Waals surface area (Å²) in [6.07, 6.45) is 1.81. The van der Waals surface area contributed by atoms with Crippen LogP contribution in [-0.4, -0.2) is 29.1 Å². The van der Waals surface area contributed by atoms with Crippen LogP contribution in [0.15, 0.2) is 58.1 Å². The second kappa shape index (κ2) is 9.11. The molecule has 2 aromatic carbocycles. The Morgan fingerprint density at radius 2 is 1.94 bits per heavy atom. The summed E-state index contributed by atoms with van der Waals surface area (Å²) < 4.78 is 9.33. The Balaban J connectivity index is 1.40. The van der Waals surface area contributed by atoms with E-state index >= 15 is 0 Å². The van der Waals surface area contributed by atoms with Crippen molar-refractivity contribution < 1.29 is 4.74 Å². The number of aromatic amines is 1. The maximum Gasteiger partial charge on any atom is 0.352 e. The van der Waals surface area contributed by atoms with Gasteiger partial charge >= 0.3 is 5.69 Å².